The van der Waals surface area contributed by atoms with Gasteiger partial charge < -0.3 is 9.84 Å². The van der Waals surface area contributed by atoms with Gasteiger partial charge in [-0.25, -0.2) is 4.68 Å². The fraction of sp³-hybridized carbons (Fsp3) is 0.312. The number of esters is 1. The van der Waals surface area contributed by atoms with E-state index < -0.39 is 12.2 Å². The van der Waals surface area contributed by atoms with Crippen molar-refractivity contribution in [2.24, 2.45) is 0 Å². The molecule has 1 fully saturated rings. The lowest BCUT2D eigenvalue weighted by Crippen LogP contribution is -2.31. The molecule has 1 aliphatic rings. The molecule has 0 radical (unpaired) electrons. The number of aliphatic hydroxyl groups is 1. The number of hydrogen-bond acceptors (Lipinski definition) is 5. The van der Waals surface area contributed by atoms with E-state index in [4.69, 9.17) is 4.74 Å². The normalized spacial score (nSPS) is 22.0. The van der Waals surface area contributed by atoms with Crippen molar-refractivity contribution in [3.63, 3.8) is 0 Å². The third kappa shape index (κ3) is 3.07. The van der Waals surface area contributed by atoms with Crippen LogP contribution in [0.2, 0.25) is 0 Å². The summed E-state index contributed by atoms with van der Waals surface area (Å²) in [6.45, 7) is 1.87. The predicted octanol–water partition coefficient (Wildman–Crippen LogP) is 1.66. The van der Waals surface area contributed by atoms with Crippen molar-refractivity contribution in [1.82, 2.24) is 15.0 Å². The Labute approximate surface area is 128 Å². The van der Waals surface area contributed by atoms with Crippen molar-refractivity contribution in [3.05, 3.63) is 47.8 Å². The minimum absolute atomic E-state index is 0.0624. The molecule has 3 rings (SSSR count). The molecule has 2 atom stereocenters. The molecule has 0 spiro atoms. The Morgan fingerprint density at radius 2 is 2.14 bits per heavy atom. The Kier molecular flexibility index (Phi) is 4.02. The Balaban J connectivity index is 1.85. The average Bonchev–Trinajstić information content (AvgIpc) is 2.86. The number of ether oxygens (including phenoxy) is 1. The molecule has 2 unspecified atom stereocenters. The summed E-state index contributed by atoms with van der Waals surface area (Å²) in [6, 6.07) is 9.68. The number of benzene rings is 1. The van der Waals surface area contributed by atoms with Crippen molar-refractivity contribution in [2.75, 3.05) is 0 Å². The summed E-state index contributed by atoms with van der Waals surface area (Å²) < 4.78 is 6.93. The van der Waals surface area contributed by atoms with Crippen LogP contribution >= 0.6 is 0 Å². The summed E-state index contributed by atoms with van der Waals surface area (Å²) in [5.41, 5.74) is 2.51. The molecule has 6 heteroatoms. The van der Waals surface area contributed by atoms with Gasteiger partial charge in [0.25, 0.3) is 0 Å². The molecule has 0 amide bonds. The number of nitrogens with zero attached hydrogens (tertiary/aromatic N) is 3. The molecule has 2 aromatic rings. The number of para-hydroxylation sites is 1. The van der Waals surface area contributed by atoms with E-state index in [1.807, 2.05) is 43.3 Å². The molecule has 0 aliphatic carbocycles. The van der Waals surface area contributed by atoms with Crippen molar-refractivity contribution in [1.29, 1.82) is 0 Å². The number of aromatic nitrogens is 3. The summed E-state index contributed by atoms with van der Waals surface area (Å²) >= 11 is 0. The zero-order chi connectivity index (χ0) is 15.5. The SMILES string of the molecule is Cc1nnn(-c2ccccc2)c1C=CC1CC(O)CC(=O)O1. The number of aliphatic hydroxyl groups excluding tert-OH is 1. The number of aryl methyl sites for hydroxylation is 1. The van der Waals surface area contributed by atoms with Crippen LogP contribution in [0.25, 0.3) is 11.8 Å². The molecule has 2 heterocycles. The topological polar surface area (TPSA) is 77.2 Å². The Morgan fingerprint density at radius 3 is 2.86 bits per heavy atom. The quantitative estimate of drug-likeness (QED) is 0.872. The van der Waals surface area contributed by atoms with Gasteiger partial charge in [0.05, 0.1) is 29.6 Å². The predicted molar refractivity (Wildman–Crippen MR) is 80.3 cm³/mol. The van der Waals surface area contributed by atoms with Crippen LogP contribution in [0.4, 0.5) is 0 Å². The molecule has 6 nitrogen and oxygen atoms in total. The van der Waals surface area contributed by atoms with Crippen LogP contribution in [0.15, 0.2) is 36.4 Å². The van der Waals surface area contributed by atoms with Gasteiger partial charge in [-0.3, -0.25) is 4.79 Å². The number of rotatable bonds is 3. The van der Waals surface area contributed by atoms with Crippen LogP contribution in [-0.2, 0) is 9.53 Å². The molecule has 1 aromatic heterocycles. The van der Waals surface area contributed by atoms with Crippen molar-refractivity contribution < 1.29 is 14.6 Å². The van der Waals surface area contributed by atoms with Crippen LogP contribution in [0.3, 0.4) is 0 Å². The maximum Gasteiger partial charge on any atom is 0.309 e. The first-order chi connectivity index (χ1) is 10.6. The maximum absolute atomic E-state index is 11.4. The van der Waals surface area contributed by atoms with Gasteiger partial charge in [0.2, 0.25) is 0 Å². The zero-order valence-electron chi connectivity index (χ0n) is 12.2. The highest BCUT2D eigenvalue weighted by atomic mass is 16.5. The number of hydrogen-bond donors (Lipinski definition) is 1. The molecular weight excluding hydrogens is 282 g/mol. The van der Waals surface area contributed by atoms with Gasteiger partial charge in [-0.05, 0) is 31.2 Å². The standard InChI is InChI=1S/C16H17N3O3/c1-11-15(8-7-14-9-13(20)10-16(21)22-14)19(18-17-11)12-5-3-2-4-6-12/h2-8,13-14,20H,9-10H2,1H3. The Bertz CT molecular complexity index is 694. The summed E-state index contributed by atoms with van der Waals surface area (Å²) in [7, 11) is 0. The van der Waals surface area contributed by atoms with Gasteiger partial charge >= 0.3 is 5.97 Å². The summed E-state index contributed by atoms with van der Waals surface area (Å²) in [5, 5.41) is 17.9. The second kappa shape index (κ2) is 6.11. The minimum atomic E-state index is -0.644. The second-order valence-electron chi connectivity index (χ2n) is 5.29. The Morgan fingerprint density at radius 1 is 1.36 bits per heavy atom. The lowest BCUT2D eigenvalue weighted by atomic mass is 10.0. The molecule has 1 aromatic carbocycles. The smallest absolute Gasteiger partial charge is 0.309 e. The highest BCUT2D eigenvalue weighted by Crippen LogP contribution is 2.19. The van der Waals surface area contributed by atoms with E-state index in [1.165, 1.54) is 0 Å². The first-order valence-corrected chi connectivity index (χ1v) is 7.17. The van der Waals surface area contributed by atoms with Gasteiger partial charge in [0.1, 0.15) is 6.10 Å². The summed E-state index contributed by atoms with van der Waals surface area (Å²) in [4.78, 5) is 11.4. The van der Waals surface area contributed by atoms with Crippen molar-refractivity contribution in [2.45, 2.75) is 32.0 Å². The fourth-order valence-corrected chi connectivity index (χ4v) is 2.44. The van der Waals surface area contributed by atoms with E-state index in [2.05, 4.69) is 10.3 Å². The van der Waals surface area contributed by atoms with Crippen molar-refractivity contribution >= 4 is 12.0 Å². The lowest BCUT2D eigenvalue weighted by molar-refractivity contribution is -0.156. The minimum Gasteiger partial charge on any atom is -0.458 e. The largest absolute Gasteiger partial charge is 0.458 e. The molecule has 1 aliphatic heterocycles. The number of carbonyl (C=O) groups is 1. The van der Waals surface area contributed by atoms with Crippen LogP contribution in [-0.4, -0.2) is 38.3 Å². The van der Waals surface area contributed by atoms with Crippen LogP contribution in [0, 0.1) is 6.92 Å². The third-order valence-corrected chi connectivity index (χ3v) is 3.54. The Hall–Kier alpha value is -2.47. The van der Waals surface area contributed by atoms with E-state index in [9.17, 15) is 9.90 Å². The average molecular weight is 299 g/mol. The fourth-order valence-electron chi connectivity index (χ4n) is 2.44. The highest BCUT2D eigenvalue weighted by Gasteiger charge is 2.25. The molecule has 114 valence electrons. The van der Waals surface area contributed by atoms with Crippen LogP contribution in [0.5, 0.6) is 0 Å². The first kappa shape index (κ1) is 14.5. The molecule has 1 N–H and O–H groups in total. The van der Waals surface area contributed by atoms with E-state index >= 15 is 0 Å². The molecule has 0 bridgehead atoms. The van der Waals surface area contributed by atoms with Gasteiger partial charge in [-0.15, -0.1) is 5.10 Å². The van der Waals surface area contributed by atoms with E-state index in [1.54, 1.807) is 10.8 Å². The highest BCUT2D eigenvalue weighted by molar-refractivity contribution is 5.71. The van der Waals surface area contributed by atoms with Gasteiger partial charge in [0, 0.05) is 6.42 Å². The van der Waals surface area contributed by atoms with Crippen LogP contribution in [0.1, 0.15) is 24.2 Å². The number of carbonyl (C=O) groups excluding carboxylic acids is 1. The third-order valence-electron chi connectivity index (χ3n) is 3.54. The van der Waals surface area contributed by atoms with Gasteiger partial charge in [0.15, 0.2) is 0 Å². The molecular formula is C16H17N3O3. The van der Waals surface area contributed by atoms with Crippen LogP contribution < -0.4 is 0 Å². The molecule has 0 saturated carbocycles. The van der Waals surface area contributed by atoms with Gasteiger partial charge in [-0.2, -0.15) is 0 Å². The second-order valence-corrected chi connectivity index (χ2v) is 5.29. The van der Waals surface area contributed by atoms with E-state index in [0.717, 1.165) is 17.1 Å². The molecule has 22 heavy (non-hydrogen) atoms. The monoisotopic (exact) mass is 299 g/mol. The van der Waals surface area contributed by atoms with E-state index in [0.29, 0.717) is 6.42 Å². The maximum atomic E-state index is 11.4. The van der Waals surface area contributed by atoms with Gasteiger partial charge in [-0.1, -0.05) is 23.4 Å². The van der Waals surface area contributed by atoms with E-state index in [-0.39, 0.29) is 12.4 Å². The number of cyclic esters (lactones) is 1. The summed E-state index contributed by atoms with van der Waals surface area (Å²) in [6.07, 6.45) is 3.01. The zero-order valence-corrected chi connectivity index (χ0v) is 12.2. The van der Waals surface area contributed by atoms with Crippen molar-refractivity contribution in [3.8, 4) is 5.69 Å². The lowest BCUT2D eigenvalue weighted by Gasteiger charge is -2.23. The first-order valence-electron chi connectivity index (χ1n) is 7.17. The summed E-state index contributed by atoms with van der Waals surface area (Å²) in [5.74, 6) is -0.375. The molecule has 1 saturated heterocycles.